The summed E-state index contributed by atoms with van der Waals surface area (Å²) in [5, 5.41) is 2.77. The van der Waals surface area contributed by atoms with Gasteiger partial charge in [0.1, 0.15) is 11.3 Å². The minimum atomic E-state index is -4.49. The molecule has 1 aromatic heterocycles. The maximum Gasteiger partial charge on any atom is 0.416 e. The van der Waals surface area contributed by atoms with Crippen molar-refractivity contribution in [2.45, 2.75) is 13.1 Å². The van der Waals surface area contributed by atoms with Crippen LogP contribution in [0.1, 0.15) is 12.5 Å². The van der Waals surface area contributed by atoms with Crippen molar-refractivity contribution in [1.29, 1.82) is 0 Å². The molecule has 0 atom stereocenters. The Bertz CT molecular complexity index is 1020. The van der Waals surface area contributed by atoms with Crippen molar-refractivity contribution in [1.82, 2.24) is 0 Å². The third-order valence-corrected chi connectivity index (χ3v) is 3.52. The highest BCUT2D eigenvalue weighted by Gasteiger charge is 2.30. The van der Waals surface area contributed by atoms with E-state index in [2.05, 4.69) is 5.32 Å². The van der Waals surface area contributed by atoms with Crippen LogP contribution >= 0.6 is 0 Å². The van der Waals surface area contributed by atoms with Crippen LogP contribution in [-0.2, 0) is 11.0 Å². The van der Waals surface area contributed by atoms with Gasteiger partial charge in [-0.15, -0.1) is 0 Å². The maximum atomic E-state index is 12.8. The molecule has 0 radical (unpaired) electrons. The highest BCUT2D eigenvalue weighted by molar-refractivity contribution is 5.92. The number of hydrogen-bond acceptors (Lipinski definition) is 3. The lowest BCUT2D eigenvalue weighted by atomic mass is 10.1. The van der Waals surface area contributed by atoms with Crippen molar-refractivity contribution in [3.05, 3.63) is 64.3 Å². The van der Waals surface area contributed by atoms with Gasteiger partial charge in [-0.25, -0.2) is 0 Å². The molecule has 1 N–H and O–H groups in total. The minimum Gasteiger partial charge on any atom is -0.456 e. The molecule has 3 aromatic rings. The van der Waals surface area contributed by atoms with Crippen LogP contribution in [0.15, 0.2) is 57.7 Å². The van der Waals surface area contributed by atoms with Crippen LogP contribution in [0.2, 0.25) is 0 Å². The van der Waals surface area contributed by atoms with E-state index in [9.17, 15) is 22.8 Å². The maximum absolute atomic E-state index is 12.8. The van der Waals surface area contributed by atoms with E-state index >= 15 is 0 Å². The molecular formula is C18H12F3NO3. The summed E-state index contributed by atoms with van der Waals surface area (Å²) in [7, 11) is 0. The third kappa shape index (κ3) is 3.55. The van der Waals surface area contributed by atoms with Gasteiger partial charge >= 0.3 is 6.18 Å². The fraction of sp³-hybridized carbons (Fsp3) is 0.111. The number of amides is 1. The Morgan fingerprint density at radius 2 is 1.84 bits per heavy atom. The van der Waals surface area contributed by atoms with E-state index < -0.39 is 17.2 Å². The number of carbonyl (C=O) groups excluding carboxylic acids is 1. The first-order valence-electron chi connectivity index (χ1n) is 7.27. The van der Waals surface area contributed by atoms with Crippen molar-refractivity contribution in [3.8, 4) is 11.3 Å². The highest BCUT2D eigenvalue weighted by Crippen LogP contribution is 2.32. The number of benzene rings is 2. The Balaban J connectivity index is 2.10. The van der Waals surface area contributed by atoms with Gasteiger partial charge in [-0.1, -0.05) is 12.1 Å². The molecule has 0 aliphatic heterocycles. The first-order valence-corrected chi connectivity index (χ1v) is 7.27. The van der Waals surface area contributed by atoms with Gasteiger partial charge in [0.25, 0.3) is 0 Å². The summed E-state index contributed by atoms with van der Waals surface area (Å²) in [6.45, 7) is 1.34. The molecule has 4 nitrogen and oxygen atoms in total. The Hall–Kier alpha value is -3.09. The molecule has 0 aliphatic rings. The lowest BCUT2D eigenvalue weighted by Crippen LogP contribution is -2.07. The van der Waals surface area contributed by atoms with Gasteiger partial charge in [-0.05, 0) is 30.3 Å². The van der Waals surface area contributed by atoms with Gasteiger partial charge in [0.05, 0.1) is 10.9 Å². The topological polar surface area (TPSA) is 59.3 Å². The predicted octanol–water partition coefficient (Wildman–Crippen LogP) is 4.44. The van der Waals surface area contributed by atoms with Crippen molar-refractivity contribution >= 4 is 22.6 Å². The van der Waals surface area contributed by atoms with Crippen LogP contribution in [-0.4, -0.2) is 5.91 Å². The second-order valence-electron chi connectivity index (χ2n) is 5.45. The molecule has 1 amide bonds. The van der Waals surface area contributed by atoms with Crippen LogP contribution in [0.25, 0.3) is 22.3 Å². The van der Waals surface area contributed by atoms with E-state index in [0.717, 1.165) is 18.2 Å². The van der Waals surface area contributed by atoms with E-state index in [1.165, 1.54) is 31.2 Å². The van der Waals surface area contributed by atoms with Crippen LogP contribution in [0.4, 0.5) is 18.9 Å². The first kappa shape index (κ1) is 16.8. The zero-order valence-electron chi connectivity index (χ0n) is 13.0. The van der Waals surface area contributed by atoms with Crippen LogP contribution in [0.3, 0.4) is 0 Å². The molecule has 0 aliphatic carbocycles. The number of halogens is 3. The zero-order valence-corrected chi connectivity index (χ0v) is 13.0. The summed E-state index contributed by atoms with van der Waals surface area (Å²) >= 11 is 0. The summed E-state index contributed by atoms with van der Waals surface area (Å²) in [5.41, 5.74) is -0.442. The molecule has 0 saturated carbocycles. The molecule has 0 spiro atoms. The van der Waals surface area contributed by atoms with E-state index in [1.807, 2.05) is 0 Å². The SMILES string of the molecule is CC(=O)Nc1ccc2oc(-c3cccc(C(F)(F)F)c3)cc(=O)c2c1. The molecule has 3 rings (SSSR count). The first-order chi connectivity index (χ1) is 11.7. The predicted molar refractivity (Wildman–Crippen MR) is 87.2 cm³/mol. The smallest absolute Gasteiger partial charge is 0.416 e. The number of nitrogens with one attached hydrogen (secondary N) is 1. The summed E-state index contributed by atoms with van der Waals surface area (Å²) in [5.74, 6) is -0.250. The van der Waals surface area contributed by atoms with Gasteiger partial charge in [0, 0.05) is 24.2 Å². The fourth-order valence-electron chi connectivity index (χ4n) is 2.43. The van der Waals surface area contributed by atoms with Gasteiger partial charge < -0.3 is 9.73 Å². The van der Waals surface area contributed by atoms with E-state index in [1.54, 1.807) is 6.07 Å². The van der Waals surface area contributed by atoms with Gasteiger partial charge in [-0.3, -0.25) is 9.59 Å². The summed E-state index contributed by atoms with van der Waals surface area (Å²) in [6.07, 6.45) is -4.49. The summed E-state index contributed by atoms with van der Waals surface area (Å²) in [6, 6.07) is 10.2. The lowest BCUT2D eigenvalue weighted by Gasteiger charge is -2.09. The molecule has 0 saturated heterocycles. The quantitative estimate of drug-likeness (QED) is 0.746. The highest BCUT2D eigenvalue weighted by atomic mass is 19.4. The van der Waals surface area contributed by atoms with Gasteiger partial charge in [0.15, 0.2) is 5.43 Å². The van der Waals surface area contributed by atoms with Crippen molar-refractivity contribution < 1.29 is 22.4 Å². The molecule has 1 heterocycles. The number of hydrogen-bond donors (Lipinski definition) is 1. The Labute approximate surface area is 139 Å². The van der Waals surface area contributed by atoms with Crippen molar-refractivity contribution in [2.75, 3.05) is 5.32 Å². The molecule has 25 heavy (non-hydrogen) atoms. The summed E-state index contributed by atoms with van der Waals surface area (Å²) in [4.78, 5) is 23.4. The summed E-state index contributed by atoms with van der Waals surface area (Å²) < 4.78 is 44.1. The molecule has 2 aromatic carbocycles. The number of carbonyl (C=O) groups is 1. The van der Waals surface area contributed by atoms with Crippen LogP contribution in [0.5, 0.6) is 0 Å². The Morgan fingerprint density at radius 1 is 1.08 bits per heavy atom. The van der Waals surface area contributed by atoms with Crippen LogP contribution < -0.4 is 10.7 Å². The number of anilines is 1. The zero-order chi connectivity index (χ0) is 18.2. The standard InChI is InChI=1S/C18H12F3NO3/c1-10(23)22-13-5-6-16-14(8-13)15(24)9-17(25-16)11-3-2-4-12(7-11)18(19,20)21/h2-9H,1H3,(H,22,23). The average molecular weight is 347 g/mol. The number of fused-ring (bicyclic) bond motifs is 1. The second kappa shape index (κ2) is 6.08. The van der Waals surface area contributed by atoms with Crippen molar-refractivity contribution in [3.63, 3.8) is 0 Å². The monoisotopic (exact) mass is 347 g/mol. The lowest BCUT2D eigenvalue weighted by molar-refractivity contribution is -0.137. The normalized spacial score (nSPS) is 11.5. The van der Waals surface area contributed by atoms with E-state index in [4.69, 9.17) is 4.42 Å². The molecule has 7 heteroatoms. The molecule has 0 unspecified atom stereocenters. The van der Waals surface area contributed by atoms with E-state index in [0.29, 0.717) is 5.69 Å². The fourth-order valence-corrected chi connectivity index (χ4v) is 2.43. The van der Waals surface area contributed by atoms with Crippen molar-refractivity contribution in [2.24, 2.45) is 0 Å². The molecular weight excluding hydrogens is 335 g/mol. The molecule has 0 fully saturated rings. The van der Waals surface area contributed by atoms with Gasteiger partial charge in [0.2, 0.25) is 5.91 Å². The second-order valence-corrected chi connectivity index (χ2v) is 5.45. The number of alkyl halides is 3. The molecule has 128 valence electrons. The van der Waals surface area contributed by atoms with Gasteiger partial charge in [-0.2, -0.15) is 13.2 Å². The Morgan fingerprint density at radius 3 is 2.52 bits per heavy atom. The Kier molecular flexibility index (Phi) is 4.08. The minimum absolute atomic E-state index is 0.0378. The van der Waals surface area contributed by atoms with E-state index in [-0.39, 0.29) is 28.2 Å². The third-order valence-electron chi connectivity index (χ3n) is 3.52. The molecule has 0 bridgehead atoms. The average Bonchev–Trinajstić information content (AvgIpc) is 2.54. The largest absolute Gasteiger partial charge is 0.456 e. The number of rotatable bonds is 2. The van der Waals surface area contributed by atoms with Crippen LogP contribution in [0, 0.1) is 0 Å².